The minimum Gasteiger partial charge on any atom is -0.328 e. The van der Waals surface area contributed by atoms with Crippen LogP contribution in [0.25, 0.3) is 11.0 Å². The molecule has 0 unspecified atom stereocenters. The number of imidazole rings is 1. The SMILES string of the molecule is CCn1c(CCc2ccc(NC(=O)Nc3cccc(C)c3)cc2)nc2ccccc21. The van der Waals surface area contributed by atoms with Crippen LogP contribution >= 0.6 is 0 Å². The fraction of sp³-hybridized carbons (Fsp3) is 0.200. The molecule has 2 N–H and O–H groups in total. The highest BCUT2D eigenvalue weighted by Crippen LogP contribution is 2.18. The Bertz CT molecular complexity index is 1160. The number of rotatable bonds is 6. The van der Waals surface area contributed by atoms with Crippen molar-refractivity contribution in [2.75, 3.05) is 10.6 Å². The van der Waals surface area contributed by atoms with Gasteiger partial charge in [-0.3, -0.25) is 0 Å². The predicted octanol–water partition coefficient (Wildman–Crippen LogP) is 5.79. The molecule has 0 aliphatic carbocycles. The molecule has 5 nitrogen and oxygen atoms in total. The summed E-state index contributed by atoms with van der Waals surface area (Å²) in [5, 5.41) is 5.74. The fourth-order valence-corrected chi connectivity index (χ4v) is 3.70. The third-order valence-electron chi connectivity index (χ3n) is 5.17. The summed E-state index contributed by atoms with van der Waals surface area (Å²) < 4.78 is 2.28. The first-order chi connectivity index (χ1) is 14.6. The Kier molecular flexibility index (Phi) is 5.80. The van der Waals surface area contributed by atoms with E-state index in [4.69, 9.17) is 4.98 Å². The van der Waals surface area contributed by atoms with Crippen molar-refractivity contribution in [2.24, 2.45) is 0 Å². The number of anilines is 2. The van der Waals surface area contributed by atoms with Crippen LogP contribution in [0.3, 0.4) is 0 Å². The second-order valence-corrected chi connectivity index (χ2v) is 7.41. The molecule has 0 fully saturated rings. The lowest BCUT2D eigenvalue weighted by molar-refractivity contribution is 0.262. The van der Waals surface area contributed by atoms with Gasteiger partial charge in [0.05, 0.1) is 11.0 Å². The summed E-state index contributed by atoms with van der Waals surface area (Å²) in [4.78, 5) is 17.0. The standard InChI is InChI=1S/C25H26N4O/c1-3-29-23-10-5-4-9-22(23)28-24(29)16-13-19-11-14-20(15-12-19)26-25(30)27-21-8-6-7-18(2)17-21/h4-12,14-15,17H,3,13,16H2,1-2H3,(H2,26,27,30). The first-order valence-corrected chi connectivity index (χ1v) is 10.3. The molecule has 0 aliphatic rings. The van der Waals surface area contributed by atoms with Gasteiger partial charge in [-0.05, 0) is 67.8 Å². The maximum Gasteiger partial charge on any atom is 0.323 e. The number of hydrogen-bond acceptors (Lipinski definition) is 2. The molecule has 5 heteroatoms. The smallest absolute Gasteiger partial charge is 0.323 e. The third kappa shape index (κ3) is 4.51. The van der Waals surface area contributed by atoms with Crippen molar-refractivity contribution in [1.29, 1.82) is 0 Å². The van der Waals surface area contributed by atoms with Crippen LogP contribution in [-0.2, 0) is 19.4 Å². The summed E-state index contributed by atoms with van der Waals surface area (Å²) in [6, 6.07) is 23.7. The van der Waals surface area contributed by atoms with Gasteiger partial charge in [-0.2, -0.15) is 0 Å². The Morgan fingerprint density at radius 3 is 2.43 bits per heavy atom. The number of urea groups is 1. The van der Waals surface area contributed by atoms with Gasteiger partial charge in [-0.25, -0.2) is 9.78 Å². The van der Waals surface area contributed by atoms with Gasteiger partial charge < -0.3 is 15.2 Å². The molecule has 0 bridgehead atoms. The van der Waals surface area contributed by atoms with Gasteiger partial charge in [-0.1, -0.05) is 36.4 Å². The summed E-state index contributed by atoms with van der Waals surface area (Å²) >= 11 is 0. The van der Waals surface area contributed by atoms with Gasteiger partial charge >= 0.3 is 6.03 Å². The van der Waals surface area contributed by atoms with E-state index in [0.717, 1.165) is 47.7 Å². The van der Waals surface area contributed by atoms with Gasteiger partial charge in [0.2, 0.25) is 0 Å². The number of carbonyl (C=O) groups is 1. The van der Waals surface area contributed by atoms with Crippen LogP contribution in [0.5, 0.6) is 0 Å². The summed E-state index contributed by atoms with van der Waals surface area (Å²) in [5.41, 5.74) is 6.11. The average Bonchev–Trinajstić information content (AvgIpc) is 3.10. The number of nitrogens with zero attached hydrogens (tertiary/aromatic N) is 2. The van der Waals surface area contributed by atoms with Crippen molar-refractivity contribution >= 4 is 28.4 Å². The lowest BCUT2D eigenvalue weighted by Gasteiger charge is -2.09. The van der Waals surface area contributed by atoms with E-state index in [9.17, 15) is 4.79 Å². The molecule has 1 heterocycles. The molecule has 0 spiro atoms. The summed E-state index contributed by atoms with van der Waals surface area (Å²) in [6.07, 6.45) is 1.78. The number of fused-ring (bicyclic) bond motifs is 1. The van der Waals surface area contributed by atoms with Crippen molar-refractivity contribution < 1.29 is 4.79 Å². The Balaban J connectivity index is 1.36. The molecule has 2 amide bonds. The minimum atomic E-state index is -0.245. The molecule has 0 aliphatic heterocycles. The van der Waals surface area contributed by atoms with Crippen molar-refractivity contribution in [2.45, 2.75) is 33.2 Å². The molecule has 0 saturated heterocycles. The second kappa shape index (κ2) is 8.82. The van der Waals surface area contributed by atoms with E-state index in [1.807, 2.05) is 49.4 Å². The Labute approximate surface area is 176 Å². The highest BCUT2D eigenvalue weighted by atomic mass is 16.2. The molecule has 4 rings (SSSR count). The van der Waals surface area contributed by atoms with Crippen molar-refractivity contribution in [3.8, 4) is 0 Å². The summed E-state index contributed by atoms with van der Waals surface area (Å²) in [6.45, 7) is 5.06. The van der Waals surface area contributed by atoms with Crippen LogP contribution in [0.2, 0.25) is 0 Å². The third-order valence-corrected chi connectivity index (χ3v) is 5.17. The van der Waals surface area contributed by atoms with E-state index >= 15 is 0 Å². The van der Waals surface area contributed by atoms with Crippen LogP contribution in [0.15, 0.2) is 72.8 Å². The van der Waals surface area contributed by atoms with E-state index in [2.05, 4.69) is 52.5 Å². The maximum absolute atomic E-state index is 12.2. The number of carbonyl (C=O) groups excluding carboxylic acids is 1. The van der Waals surface area contributed by atoms with Gasteiger partial charge in [-0.15, -0.1) is 0 Å². The number of aryl methyl sites for hydroxylation is 4. The first kappa shape index (κ1) is 19.7. The number of benzene rings is 3. The monoisotopic (exact) mass is 398 g/mol. The van der Waals surface area contributed by atoms with Crippen molar-refractivity contribution in [1.82, 2.24) is 9.55 Å². The molecular formula is C25H26N4O. The van der Waals surface area contributed by atoms with E-state index in [-0.39, 0.29) is 6.03 Å². The van der Waals surface area contributed by atoms with Gasteiger partial charge in [0.15, 0.2) is 0 Å². The van der Waals surface area contributed by atoms with E-state index in [1.165, 1.54) is 11.1 Å². The minimum absolute atomic E-state index is 0.245. The van der Waals surface area contributed by atoms with E-state index in [1.54, 1.807) is 0 Å². The van der Waals surface area contributed by atoms with Crippen molar-refractivity contribution in [3.05, 3.63) is 89.7 Å². The summed E-state index contributed by atoms with van der Waals surface area (Å²) in [7, 11) is 0. The number of nitrogens with one attached hydrogen (secondary N) is 2. The van der Waals surface area contributed by atoms with Gasteiger partial charge in [0.1, 0.15) is 5.82 Å². The molecular weight excluding hydrogens is 372 g/mol. The molecule has 4 aromatic rings. The zero-order valence-electron chi connectivity index (χ0n) is 17.4. The van der Waals surface area contributed by atoms with Gasteiger partial charge in [0.25, 0.3) is 0 Å². The zero-order valence-corrected chi connectivity index (χ0v) is 17.4. The maximum atomic E-state index is 12.2. The van der Waals surface area contributed by atoms with Crippen LogP contribution in [0, 0.1) is 6.92 Å². The molecule has 0 atom stereocenters. The number of para-hydroxylation sites is 2. The van der Waals surface area contributed by atoms with Gasteiger partial charge in [0, 0.05) is 24.3 Å². The molecule has 1 aromatic heterocycles. The molecule has 0 saturated carbocycles. The first-order valence-electron chi connectivity index (χ1n) is 10.3. The number of amides is 2. The molecule has 152 valence electrons. The lowest BCUT2D eigenvalue weighted by Crippen LogP contribution is -2.19. The fourth-order valence-electron chi connectivity index (χ4n) is 3.70. The van der Waals surface area contributed by atoms with Crippen LogP contribution in [-0.4, -0.2) is 15.6 Å². The van der Waals surface area contributed by atoms with Crippen LogP contribution < -0.4 is 10.6 Å². The largest absolute Gasteiger partial charge is 0.328 e. The molecule has 3 aromatic carbocycles. The highest BCUT2D eigenvalue weighted by Gasteiger charge is 2.09. The molecule has 30 heavy (non-hydrogen) atoms. The van der Waals surface area contributed by atoms with E-state index < -0.39 is 0 Å². The Morgan fingerprint density at radius 1 is 0.900 bits per heavy atom. The second-order valence-electron chi connectivity index (χ2n) is 7.41. The topological polar surface area (TPSA) is 59.0 Å². The lowest BCUT2D eigenvalue weighted by atomic mass is 10.1. The van der Waals surface area contributed by atoms with Crippen LogP contribution in [0.1, 0.15) is 23.9 Å². The number of aromatic nitrogens is 2. The Hall–Kier alpha value is -3.60. The molecule has 0 radical (unpaired) electrons. The summed E-state index contributed by atoms with van der Waals surface area (Å²) in [5.74, 6) is 1.11. The zero-order chi connectivity index (χ0) is 20.9. The highest BCUT2D eigenvalue weighted by molar-refractivity contribution is 5.99. The van der Waals surface area contributed by atoms with Crippen molar-refractivity contribution in [3.63, 3.8) is 0 Å². The quantitative estimate of drug-likeness (QED) is 0.432. The van der Waals surface area contributed by atoms with Crippen LogP contribution in [0.4, 0.5) is 16.2 Å². The normalized spacial score (nSPS) is 10.9. The predicted molar refractivity (Wildman–Crippen MR) is 123 cm³/mol. The number of hydrogen-bond donors (Lipinski definition) is 2. The van der Waals surface area contributed by atoms with E-state index in [0.29, 0.717) is 0 Å². The average molecular weight is 399 g/mol. The Morgan fingerprint density at radius 2 is 1.67 bits per heavy atom.